The van der Waals surface area contributed by atoms with Gasteiger partial charge in [-0.1, -0.05) is 26.7 Å². The molecule has 0 saturated heterocycles. The van der Waals surface area contributed by atoms with Crippen molar-refractivity contribution in [3.05, 3.63) is 18.2 Å². The van der Waals surface area contributed by atoms with Gasteiger partial charge in [0.15, 0.2) is 5.97 Å². The van der Waals surface area contributed by atoms with E-state index in [9.17, 15) is 9.90 Å². The highest BCUT2D eigenvalue weighted by Gasteiger charge is 2.17. The van der Waals surface area contributed by atoms with Crippen LogP contribution in [0.25, 0.3) is 0 Å². The number of aromatic nitrogens is 2. The summed E-state index contributed by atoms with van der Waals surface area (Å²) in [7, 11) is 0. The zero-order chi connectivity index (χ0) is 12.0. The van der Waals surface area contributed by atoms with Crippen molar-refractivity contribution in [3.63, 3.8) is 0 Å². The first kappa shape index (κ1) is 12.7. The number of imidazole rings is 1. The van der Waals surface area contributed by atoms with Crippen LogP contribution < -0.4 is 9.67 Å². The molecule has 0 radical (unpaired) electrons. The van der Waals surface area contributed by atoms with E-state index in [4.69, 9.17) is 0 Å². The second-order valence-electron chi connectivity index (χ2n) is 4.00. The van der Waals surface area contributed by atoms with E-state index in [2.05, 4.69) is 13.8 Å². The molecule has 0 bridgehead atoms. The van der Waals surface area contributed by atoms with Crippen molar-refractivity contribution >= 4 is 5.97 Å². The van der Waals surface area contributed by atoms with Crippen molar-refractivity contribution in [1.82, 2.24) is 4.57 Å². The Morgan fingerprint density at radius 2 is 2.06 bits per heavy atom. The summed E-state index contributed by atoms with van der Waals surface area (Å²) < 4.78 is 3.54. The van der Waals surface area contributed by atoms with Gasteiger partial charge in [0.1, 0.15) is 12.4 Å². The molecule has 0 N–H and O–H groups in total. The van der Waals surface area contributed by atoms with Crippen LogP contribution in [0, 0.1) is 0 Å². The molecule has 4 heteroatoms. The summed E-state index contributed by atoms with van der Waals surface area (Å²) in [5.41, 5.74) is 0. The molecule has 0 spiro atoms. The highest BCUT2D eigenvalue weighted by molar-refractivity contribution is 5.79. The van der Waals surface area contributed by atoms with Gasteiger partial charge in [0, 0.05) is 0 Å². The van der Waals surface area contributed by atoms with E-state index in [0.29, 0.717) is 5.82 Å². The summed E-state index contributed by atoms with van der Waals surface area (Å²) in [6.45, 7) is 5.68. The van der Waals surface area contributed by atoms with Crippen LogP contribution in [0.4, 0.5) is 0 Å². The van der Waals surface area contributed by atoms with Gasteiger partial charge in [-0.05, 0) is 12.8 Å². The fourth-order valence-corrected chi connectivity index (χ4v) is 1.72. The fourth-order valence-electron chi connectivity index (χ4n) is 1.72. The number of aryl methyl sites for hydroxylation is 2. The van der Waals surface area contributed by atoms with E-state index in [1.54, 1.807) is 9.13 Å². The van der Waals surface area contributed by atoms with Crippen molar-refractivity contribution in [2.45, 2.75) is 52.6 Å². The number of aromatic carboxylic acids is 1. The normalized spacial score (nSPS) is 10.6. The van der Waals surface area contributed by atoms with E-state index in [-0.39, 0.29) is 0 Å². The van der Waals surface area contributed by atoms with Crippen LogP contribution in [0.3, 0.4) is 0 Å². The van der Waals surface area contributed by atoms with Crippen LogP contribution >= 0.6 is 0 Å². The molecule has 4 nitrogen and oxygen atoms in total. The number of carboxylic acids is 1. The number of hydrogen-bond donors (Lipinski definition) is 0. The van der Waals surface area contributed by atoms with Crippen molar-refractivity contribution in [1.29, 1.82) is 0 Å². The summed E-state index contributed by atoms with van der Waals surface area (Å²) in [6, 6.07) is 0. The third kappa shape index (κ3) is 3.08. The molecular formula is C12H20N2O2. The van der Waals surface area contributed by atoms with E-state index in [1.165, 1.54) is 0 Å². The molecular weight excluding hydrogens is 204 g/mol. The van der Waals surface area contributed by atoms with Crippen LogP contribution in [0.1, 0.15) is 50.1 Å². The summed E-state index contributed by atoms with van der Waals surface area (Å²) >= 11 is 0. The Hall–Kier alpha value is -1.32. The Kier molecular flexibility index (Phi) is 5.02. The molecule has 0 aromatic carbocycles. The number of carboxylic acid groups (broad SMARTS) is 1. The summed E-state index contributed by atoms with van der Waals surface area (Å²) in [6.07, 6.45) is 7.75. The molecule has 0 atom stereocenters. The van der Waals surface area contributed by atoms with Crippen molar-refractivity contribution in [2.24, 2.45) is 0 Å². The van der Waals surface area contributed by atoms with Gasteiger partial charge in [-0.15, -0.1) is 0 Å². The largest absolute Gasteiger partial charge is 0.538 e. The first-order chi connectivity index (χ1) is 7.70. The molecule has 0 fully saturated rings. The molecule has 1 aromatic rings. The predicted molar refractivity (Wildman–Crippen MR) is 58.8 cm³/mol. The first-order valence-corrected chi connectivity index (χ1v) is 6.00. The lowest BCUT2D eigenvalue weighted by Crippen LogP contribution is -2.44. The molecule has 0 saturated carbocycles. The van der Waals surface area contributed by atoms with Crippen LogP contribution in [0.5, 0.6) is 0 Å². The van der Waals surface area contributed by atoms with Gasteiger partial charge < -0.3 is 9.90 Å². The Balaban J connectivity index is 2.84. The molecule has 16 heavy (non-hydrogen) atoms. The van der Waals surface area contributed by atoms with Gasteiger partial charge in [-0.25, -0.2) is 9.13 Å². The molecule has 0 aliphatic carbocycles. The number of carbonyl (C=O) groups is 1. The molecule has 90 valence electrons. The zero-order valence-corrected chi connectivity index (χ0v) is 10.1. The number of hydrogen-bond acceptors (Lipinski definition) is 2. The lowest BCUT2D eigenvalue weighted by Gasteiger charge is -2.04. The molecule has 1 aromatic heterocycles. The zero-order valence-electron chi connectivity index (χ0n) is 10.1. The Morgan fingerprint density at radius 3 is 2.62 bits per heavy atom. The van der Waals surface area contributed by atoms with E-state index in [0.717, 1.165) is 38.8 Å². The third-order valence-corrected chi connectivity index (χ3v) is 2.66. The third-order valence-electron chi connectivity index (χ3n) is 2.66. The smallest absolute Gasteiger partial charge is 0.304 e. The summed E-state index contributed by atoms with van der Waals surface area (Å²) in [5.74, 6) is -0.792. The van der Waals surface area contributed by atoms with E-state index >= 15 is 0 Å². The van der Waals surface area contributed by atoms with Crippen LogP contribution in [-0.4, -0.2) is 10.5 Å². The predicted octanol–water partition coefficient (Wildman–Crippen LogP) is 0.739. The number of carbonyl (C=O) groups excluding carboxylic acids is 1. The molecule has 1 heterocycles. The minimum atomic E-state index is -1.09. The van der Waals surface area contributed by atoms with Crippen LogP contribution in [-0.2, 0) is 13.1 Å². The topological polar surface area (TPSA) is 48.9 Å². The van der Waals surface area contributed by atoms with Crippen LogP contribution in [0.15, 0.2) is 12.4 Å². The Bertz CT molecular complexity index is 319. The monoisotopic (exact) mass is 224 g/mol. The second-order valence-corrected chi connectivity index (χ2v) is 4.00. The number of unbranched alkanes of at least 4 members (excludes halogenated alkanes) is 2. The Labute approximate surface area is 96.5 Å². The molecule has 0 unspecified atom stereocenters. The number of rotatable bonds is 7. The maximum absolute atomic E-state index is 11.1. The maximum atomic E-state index is 11.1. The standard InChI is InChI=1S/C12H20N2O2/c1-3-5-7-13-9-10-14(8-6-4-2)11(13)12(15)16/h9-10H,3-8H2,1-2H3. The van der Waals surface area contributed by atoms with Gasteiger partial charge in [0.2, 0.25) is 0 Å². The minimum absolute atomic E-state index is 0.293. The molecule has 0 aliphatic rings. The highest BCUT2D eigenvalue weighted by Crippen LogP contribution is 2.00. The van der Waals surface area contributed by atoms with E-state index in [1.807, 2.05) is 12.4 Å². The van der Waals surface area contributed by atoms with Crippen LogP contribution in [0.2, 0.25) is 0 Å². The Morgan fingerprint density at radius 1 is 1.38 bits per heavy atom. The first-order valence-electron chi connectivity index (χ1n) is 6.00. The quantitative estimate of drug-likeness (QED) is 0.641. The van der Waals surface area contributed by atoms with Gasteiger partial charge in [-0.2, -0.15) is 0 Å². The fraction of sp³-hybridized carbons (Fsp3) is 0.667. The highest BCUT2D eigenvalue weighted by atomic mass is 16.4. The van der Waals surface area contributed by atoms with Crippen molar-refractivity contribution < 1.29 is 14.5 Å². The van der Waals surface area contributed by atoms with Gasteiger partial charge >= 0.3 is 5.82 Å². The maximum Gasteiger partial charge on any atom is 0.304 e. The average molecular weight is 224 g/mol. The SMILES string of the molecule is CCCCn1cc[n+](CCCC)c1C(=O)[O-]. The van der Waals surface area contributed by atoms with E-state index < -0.39 is 5.97 Å². The molecule has 0 amide bonds. The van der Waals surface area contributed by atoms with Crippen molar-refractivity contribution in [2.75, 3.05) is 0 Å². The second kappa shape index (κ2) is 6.30. The van der Waals surface area contributed by atoms with Gasteiger partial charge in [0.05, 0.1) is 13.1 Å². The minimum Gasteiger partial charge on any atom is -0.538 e. The molecule has 0 aliphatic heterocycles. The summed E-state index contributed by atoms with van der Waals surface area (Å²) in [5, 5.41) is 11.1. The average Bonchev–Trinajstić information content (AvgIpc) is 2.66. The van der Waals surface area contributed by atoms with Crippen molar-refractivity contribution in [3.8, 4) is 0 Å². The van der Waals surface area contributed by atoms with Gasteiger partial charge in [0.25, 0.3) is 0 Å². The lowest BCUT2D eigenvalue weighted by atomic mass is 10.3. The lowest BCUT2D eigenvalue weighted by molar-refractivity contribution is -0.701. The van der Waals surface area contributed by atoms with Gasteiger partial charge in [-0.3, -0.25) is 0 Å². The number of nitrogens with zero attached hydrogens (tertiary/aromatic N) is 2. The summed E-state index contributed by atoms with van der Waals surface area (Å²) in [4.78, 5) is 11.1. The molecule has 1 rings (SSSR count).